The zero-order chi connectivity index (χ0) is 9.97. The van der Waals surface area contributed by atoms with E-state index in [2.05, 4.69) is 5.32 Å². The average molecular weight is 225 g/mol. The number of anilines is 3. The Balaban J connectivity index is 2.25. The SMILES string of the molecule is Nc1cc(Cl)ccc1Nc1ccsc1. The van der Waals surface area contributed by atoms with Crippen LogP contribution in [0.1, 0.15) is 0 Å². The number of hydrogen-bond acceptors (Lipinski definition) is 3. The van der Waals surface area contributed by atoms with Gasteiger partial charge in [0.15, 0.2) is 0 Å². The normalized spacial score (nSPS) is 10.1. The van der Waals surface area contributed by atoms with Gasteiger partial charge in [0.2, 0.25) is 0 Å². The summed E-state index contributed by atoms with van der Waals surface area (Å²) in [5, 5.41) is 7.89. The van der Waals surface area contributed by atoms with Crippen LogP contribution in [0.4, 0.5) is 17.1 Å². The van der Waals surface area contributed by atoms with Crippen molar-refractivity contribution in [3.63, 3.8) is 0 Å². The second-order valence-corrected chi connectivity index (χ2v) is 4.09. The summed E-state index contributed by atoms with van der Waals surface area (Å²) >= 11 is 7.43. The predicted octanol–water partition coefficient (Wildman–Crippen LogP) is 3.73. The van der Waals surface area contributed by atoms with Gasteiger partial charge in [-0.05, 0) is 29.6 Å². The molecule has 0 saturated heterocycles. The number of hydrogen-bond donors (Lipinski definition) is 2. The molecule has 0 aliphatic carbocycles. The van der Waals surface area contributed by atoms with Gasteiger partial charge in [0, 0.05) is 16.1 Å². The molecule has 0 amide bonds. The molecule has 14 heavy (non-hydrogen) atoms. The van der Waals surface area contributed by atoms with Crippen LogP contribution in [-0.2, 0) is 0 Å². The molecule has 1 aromatic carbocycles. The van der Waals surface area contributed by atoms with Crippen LogP contribution >= 0.6 is 22.9 Å². The summed E-state index contributed by atoms with van der Waals surface area (Å²) in [5.74, 6) is 0. The highest BCUT2D eigenvalue weighted by Crippen LogP contribution is 2.26. The highest BCUT2D eigenvalue weighted by Gasteiger charge is 2.00. The fourth-order valence-electron chi connectivity index (χ4n) is 1.14. The van der Waals surface area contributed by atoms with Crippen molar-refractivity contribution in [2.24, 2.45) is 0 Å². The zero-order valence-corrected chi connectivity index (χ0v) is 8.90. The van der Waals surface area contributed by atoms with Crippen LogP contribution in [-0.4, -0.2) is 0 Å². The molecule has 2 nitrogen and oxygen atoms in total. The summed E-state index contributed by atoms with van der Waals surface area (Å²) in [6.07, 6.45) is 0. The van der Waals surface area contributed by atoms with E-state index >= 15 is 0 Å². The lowest BCUT2D eigenvalue weighted by molar-refractivity contribution is 1.58. The number of benzene rings is 1. The van der Waals surface area contributed by atoms with Crippen molar-refractivity contribution in [1.82, 2.24) is 0 Å². The van der Waals surface area contributed by atoms with E-state index in [-0.39, 0.29) is 0 Å². The first-order valence-electron chi connectivity index (χ1n) is 4.10. The molecular formula is C10H9ClN2S. The lowest BCUT2D eigenvalue weighted by Crippen LogP contribution is -1.94. The van der Waals surface area contributed by atoms with Gasteiger partial charge in [-0.1, -0.05) is 11.6 Å². The second kappa shape index (κ2) is 3.90. The van der Waals surface area contributed by atoms with E-state index in [0.29, 0.717) is 10.7 Å². The Morgan fingerprint density at radius 2 is 2.14 bits per heavy atom. The van der Waals surface area contributed by atoms with Crippen molar-refractivity contribution in [3.8, 4) is 0 Å². The van der Waals surface area contributed by atoms with Crippen molar-refractivity contribution in [2.75, 3.05) is 11.1 Å². The van der Waals surface area contributed by atoms with E-state index in [4.69, 9.17) is 17.3 Å². The van der Waals surface area contributed by atoms with Crippen molar-refractivity contribution in [1.29, 1.82) is 0 Å². The van der Waals surface area contributed by atoms with Gasteiger partial charge in [0.1, 0.15) is 0 Å². The van der Waals surface area contributed by atoms with E-state index in [1.165, 1.54) is 0 Å². The fraction of sp³-hybridized carbons (Fsp3) is 0. The molecule has 1 heterocycles. The molecule has 0 unspecified atom stereocenters. The number of nitrogens with one attached hydrogen (secondary N) is 1. The molecule has 0 spiro atoms. The van der Waals surface area contributed by atoms with Crippen LogP contribution in [0.5, 0.6) is 0 Å². The summed E-state index contributed by atoms with van der Waals surface area (Å²) in [7, 11) is 0. The first kappa shape index (κ1) is 9.37. The molecule has 0 aliphatic rings. The largest absolute Gasteiger partial charge is 0.397 e. The third-order valence-electron chi connectivity index (χ3n) is 1.81. The van der Waals surface area contributed by atoms with E-state index in [9.17, 15) is 0 Å². The maximum atomic E-state index is 5.79. The third-order valence-corrected chi connectivity index (χ3v) is 2.73. The van der Waals surface area contributed by atoms with Crippen molar-refractivity contribution < 1.29 is 0 Å². The minimum atomic E-state index is 0.651. The molecule has 2 aromatic rings. The molecule has 3 N–H and O–H groups in total. The van der Waals surface area contributed by atoms with Gasteiger partial charge >= 0.3 is 0 Å². The summed E-state index contributed by atoms with van der Waals surface area (Å²) in [4.78, 5) is 0. The maximum absolute atomic E-state index is 5.79. The first-order valence-corrected chi connectivity index (χ1v) is 5.42. The van der Waals surface area contributed by atoms with E-state index < -0.39 is 0 Å². The monoisotopic (exact) mass is 224 g/mol. The van der Waals surface area contributed by atoms with E-state index in [1.54, 1.807) is 17.4 Å². The summed E-state index contributed by atoms with van der Waals surface area (Å²) in [5.41, 5.74) is 8.38. The first-order chi connectivity index (χ1) is 6.75. The smallest absolute Gasteiger partial charge is 0.0619 e. The number of thiophene rings is 1. The van der Waals surface area contributed by atoms with Gasteiger partial charge < -0.3 is 11.1 Å². The van der Waals surface area contributed by atoms with E-state index in [1.807, 2.05) is 29.0 Å². The molecule has 0 saturated carbocycles. The van der Waals surface area contributed by atoms with Gasteiger partial charge in [-0.15, -0.1) is 0 Å². The van der Waals surface area contributed by atoms with Gasteiger partial charge in [-0.25, -0.2) is 0 Å². The minimum absolute atomic E-state index is 0.651. The number of halogens is 1. The van der Waals surface area contributed by atoms with Gasteiger partial charge in [0.05, 0.1) is 11.4 Å². The number of nitrogens with two attached hydrogens (primary N) is 1. The highest BCUT2D eigenvalue weighted by molar-refractivity contribution is 7.08. The van der Waals surface area contributed by atoms with Crippen LogP contribution in [0.2, 0.25) is 5.02 Å². The standard InChI is InChI=1S/C10H9ClN2S/c11-7-1-2-10(9(12)5-7)13-8-3-4-14-6-8/h1-6,13H,12H2. The quantitative estimate of drug-likeness (QED) is 0.763. The van der Waals surface area contributed by atoms with Crippen LogP contribution in [0.15, 0.2) is 35.0 Å². The molecular weight excluding hydrogens is 216 g/mol. The van der Waals surface area contributed by atoms with Crippen molar-refractivity contribution in [2.45, 2.75) is 0 Å². The molecule has 0 bridgehead atoms. The van der Waals surface area contributed by atoms with Crippen molar-refractivity contribution >= 4 is 40.0 Å². The lowest BCUT2D eigenvalue weighted by atomic mass is 10.2. The minimum Gasteiger partial charge on any atom is -0.397 e. The molecule has 72 valence electrons. The van der Waals surface area contributed by atoms with Crippen LogP contribution in [0, 0.1) is 0 Å². The summed E-state index contributed by atoms with van der Waals surface area (Å²) in [6, 6.07) is 7.41. The van der Waals surface area contributed by atoms with Gasteiger partial charge in [-0.2, -0.15) is 11.3 Å². The van der Waals surface area contributed by atoms with Gasteiger partial charge in [0.25, 0.3) is 0 Å². The Kier molecular flexibility index (Phi) is 2.61. The molecule has 2 rings (SSSR count). The third kappa shape index (κ3) is 2.00. The maximum Gasteiger partial charge on any atom is 0.0619 e. The Hall–Kier alpha value is -1.19. The fourth-order valence-corrected chi connectivity index (χ4v) is 1.91. The van der Waals surface area contributed by atoms with Gasteiger partial charge in [-0.3, -0.25) is 0 Å². The Morgan fingerprint density at radius 3 is 2.79 bits per heavy atom. The number of nitrogen functional groups attached to an aromatic ring is 1. The molecule has 4 heteroatoms. The van der Waals surface area contributed by atoms with Crippen molar-refractivity contribution in [3.05, 3.63) is 40.0 Å². The Labute approximate surface area is 91.3 Å². The zero-order valence-electron chi connectivity index (χ0n) is 7.33. The second-order valence-electron chi connectivity index (χ2n) is 2.87. The predicted molar refractivity (Wildman–Crippen MR) is 63.5 cm³/mol. The Morgan fingerprint density at radius 1 is 1.29 bits per heavy atom. The average Bonchev–Trinajstić information content (AvgIpc) is 2.62. The topological polar surface area (TPSA) is 38.0 Å². The summed E-state index contributed by atoms with van der Waals surface area (Å²) in [6.45, 7) is 0. The number of rotatable bonds is 2. The molecule has 0 fully saturated rings. The van der Waals surface area contributed by atoms with Crippen LogP contribution < -0.4 is 11.1 Å². The molecule has 1 aromatic heterocycles. The molecule has 0 atom stereocenters. The molecule has 0 radical (unpaired) electrons. The summed E-state index contributed by atoms with van der Waals surface area (Å²) < 4.78 is 0. The lowest BCUT2D eigenvalue weighted by Gasteiger charge is -2.07. The van der Waals surface area contributed by atoms with Crippen LogP contribution in [0.3, 0.4) is 0 Å². The molecule has 0 aliphatic heterocycles. The van der Waals surface area contributed by atoms with E-state index in [0.717, 1.165) is 11.4 Å². The highest BCUT2D eigenvalue weighted by atomic mass is 35.5. The van der Waals surface area contributed by atoms with Crippen LogP contribution in [0.25, 0.3) is 0 Å². The Bertz CT molecular complexity index is 426.